The van der Waals surface area contributed by atoms with Gasteiger partial charge in [-0.3, -0.25) is 0 Å². The highest BCUT2D eigenvalue weighted by molar-refractivity contribution is 5.85. The van der Waals surface area contributed by atoms with E-state index >= 15 is 0 Å². The van der Waals surface area contributed by atoms with Crippen LogP contribution in [0, 0.1) is 0 Å². The second-order valence-electron chi connectivity index (χ2n) is 1.70. The van der Waals surface area contributed by atoms with Crippen LogP contribution in [0.4, 0.5) is 0 Å². The Morgan fingerprint density at radius 3 is 1.91 bits per heavy atom. The lowest BCUT2D eigenvalue weighted by Gasteiger charge is -1.91. The van der Waals surface area contributed by atoms with Crippen molar-refractivity contribution in [3.05, 3.63) is 12.2 Å². The molecular formula is C7H14O4. The van der Waals surface area contributed by atoms with E-state index in [0.29, 0.717) is 0 Å². The van der Waals surface area contributed by atoms with Crippen LogP contribution in [0.15, 0.2) is 12.2 Å². The minimum Gasteiger partial charge on any atom is -0.478 e. The summed E-state index contributed by atoms with van der Waals surface area (Å²) in [7, 11) is 0. The van der Waals surface area contributed by atoms with Gasteiger partial charge in [-0.25, -0.2) is 4.79 Å². The summed E-state index contributed by atoms with van der Waals surface area (Å²) >= 11 is 0. The summed E-state index contributed by atoms with van der Waals surface area (Å²) in [6, 6.07) is 0. The van der Waals surface area contributed by atoms with Gasteiger partial charge in [0.2, 0.25) is 0 Å². The van der Waals surface area contributed by atoms with Gasteiger partial charge in [0, 0.05) is 25.2 Å². The summed E-state index contributed by atoms with van der Waals surface area (Å²) < 4.78 is 0. The van der Waals surface area contributed by atoms with E-state index in [4.69, 9.17) is 15.3 Å². The van der Waals surface area contributed by atoms with Crippen molar-refractivity contribution < 1.29 is 20.1 Å². The van der Waals surface area contributed by atoms with Crippen molar-refractivity contribution in [2.45, 2.75) is 13.3 Å². The van der Waals surface area contributed by atoms with Crippen molar-refractivity contribution in [3.63, 3.8) is 0 Å². The standard InChI is InChI=1S/C5H8O3.C2H6O/c1-4(2-3-6)5(7)8;1-2-3/h6H,1-3H2,(H,7,8);3H,2H2,1H3. The van der Waals surface area contributed by atoms with Crippen molar-refractivity contribution in [2.75, 3.05) is 13.2 Å². The van der Waals surface area contributed by atoms with Crippen LogP contribution in [0.1, 0.15) is 13.3 Å². The van der Waals surface area contributed by atoms with Crippen molar-refractivity contribution in [1.29, 1.82) is 0 Å². The number of aliphatic hydroxyl groups excluding tert-OH is 2. The molecule has 0 amide bonds. The molecule has 11 heavy (non-hydrogen) atoms. The smallest absolute Gasteiger partial charge is 0.331 e. The number of rotatable bonds is 3. The molecule has 0 saturated heterocycles. The highest BCUT2D eigenvalue weighted by atomic mass is 16.4. The van der Waals surface area contributed by atoms with Gasteiger partial charge in [-0.05, 0) is 6.92 Å². The van der Waals surface area contributed by atoms with E-state index in [1.807, 2.05) is 0 Å². The third-order valence-corrected chi connectivity index (χ3v) is 0.716. The fourth-order valence-corrected chi connectivity index (χ4v) is 0.242. The number of carbonyl (C=O) groups is 1. The van der Waals surface area contributed by atoms with E-state index in [9.17, 15) is 4.79 Å². The Labute approximate surface area is 65.8 Å². The molecular weight excluding hydrogens is 148 g/mol. The summed E-state index contributed by atoms with van der Waals surface area (Å²) in [5, 5.41) is 23.8. The normalized spacial score (nSPS) is 7.91. The van der Waals surface area contributed by atoms with Crippen LogP contribution in [-0.4, -0.2) is 34.5 Å². The molecule has 0 aliphatic rings. The molecule has 0 saturated carbocycles. The summed E-state index contributed by atoms with van der Waals surface area (Å²) in [4.78, 5) is 9.88. The zero-order valence-electron chi connectivity index (χ0n) is 6.58. The molecule has 3 N–H and O–H groups in total. The molecule has 0 aliphatic carbocycles. The Hall–Kier alpha value is -0.870. The Morgan fingerprint density at radius 1 is 1.45 bits per heavy atom. The van der Waals surface area contributed by atoms with Crippen molar-refractivity contribution >= 4 is 5.97 Å². The highest BCUT2D eigenvalue weighted by Gasteiger charge is 1.99. The number of hydrogen-bond donors (Lipinski definition) is 3. The quantitative estimate of drug-likeness (QED) is 0.511. The SMILES string of the molecule is C=C(CCO)C(=O)O.CCO. The number of aliphatic hydroxyl groups is 2. The average molecular weight is 162 g/mol. The summed E-state index contributed by atoms with van der Waals surface area (Å²) in [5.41, 5.74) is 0.0486. The Kier molecular flexibility index (Phi) is 10.6. The molecule has 0 unspecified atom stereocenters. The molecule has 0 bridgehead atoms. The molecule has 66 valence electrons. The maximum Gasteiger partial charge on any atom is 0.331 e. The minimum atomic E-state index is -1.04. The molecule has 0 spiro atoms. The van der Waals surface area contributed by atoms with Crippen LogP contribution >= 0.6 is 0 Å². The predicted octanol–water partition coefficient (Wildman–Crippen LogP) is 0.00820. The van der Waals surface area contributed by atoms with Gasteiger partial charge in [0.1, 0.15) is 0 Å². The predicted molar refractivity (Wildman–Crippen MR) is 41.2 cm³/mol. The maximum atomic E-state index is 9.88. The number of carboxylic acid groups (broad SMARTS) is 1. The Bertz CT molecular complexity index is 120. The summed E-state index contributed by atoms with van der Waals surface area (Å²) in [6.07, 6.45) is 0.148. The van der Waals surface area contributed by atoms with Gasteiger partial charge in [-0.1, -0.05) is 6.58 Å². The van der Waals surface area contributed by atoms with Gasteiger partial charge >= 0.3 is 5.97 Å². The first-order valence-corrected chi connectivity index (χ1v) is 3.22. The topological polar surface area (TPSA) is 77.8 Å². The van der Waals surface area contributed by atoms with E-state index in [0.717, 1.165) is 0 Å². The van der Waals surface area contributed by atoms with Crippen LogP contribution in [0.3, 0.4) is 0 Å². The molecule has 4 heteroatoms. The molecule has 0 radical (unpaired) electrons. The van der Waals surface area contributed by atoms with Crippen LogP contribution in [0.2, 0.25) is 0 Å². The van der Waals surface area contributed by atoms with Gasteiger partial charge in [-0.2, -0.15) is 0 Å². The zero-order chi connectivity index (χ0) is 9.28. The lowest BCUT2D eigenvalue weighted by Crippen LogP contribution is -2.00. The highest BCUT2D eigenvalue weighted by Crippen LogP contribution is 1.94. The second kappa shape index (κ2) is 9.13. The monoisotopic (exact) mass is 162 g/mol. The largest absolute Gasteiger partial charge is 0.478 e. The molecule has 0 atom stereocenters. The number of carboxylic acids is 1. The van der Waals surface area contributed by atoms with Crippen LogP contribution in [-0.2, 0) is 4.79 Å². The molecule has 0 rings (SSSR count). The summed E-state index contributed by atoms with van der Waals surface area (Å²) in [6.45, 7) is 4.97. The van der Waals surface area contributed by atoms with Gasteiger partial charge in [-0.15, -0.1) is 0 Å². The third kappa shape index (κ3) is 12.4. The van der Waals surface area contributed by atoms with Gasteiger partial charge in [0.05, 0.1) is 0 Å². The Balaban J connectivity index is 0. The van der Waals surface area contributed by atoms with E-state index in [2.05, 4.69) is 6.58 Å². The second-order valence-corrected chi connectivity index (χ2v) is 1.70. The molecule has 0 aromatic heterocycles. The van der Waals surface area contributed by atoms with Crippen molar-refractivity contribution in [3.8, 4) is 0 Å². The fourth-order valence-electron chi connectivity index (χ4n) is 0.242. The third-order valence-electron chi connectivity index (χ3n) is 0.716. The zero-order valence-corrected chi connectivity index (χ0v) is 6.58. The first kappa shape index (κ1) is 12.8. The van der Waals surface area contributed by atoms with Crippen molar-refractivity contribution in [1.82, 2.24) is 0 Å². The summed E-state index contributed by atoms with van der Waals surface area (Å²) in [5.74, 6) is -1.04. The van der Waals surface area contributed by atoms with E-state index in [1.165, 1.54) is 0 Å². The van der Waals surface area contributed by atoms with Crippen LogP contribution < -0.4 is 0 Å². The van der Waals surface area contributed by atoms with Crippen LogP contribution in [0.5, 0.6) is 0 Å². The van der Waals surface area contributed by atoms with E-state index in [-0.39, 0.29) is 25.2 Å². The molecule has 0 heterocycles. The molecule has 0 aliphatic heterocycles. The lowest BCUT2D eigenvalue weighted by atomic mass is 10.2. The first-order chi connectivity index (χ1) is 5.09. The van der Waals surface area contributed by atoms with E-state index < -0.39 is 5.97 Å². The molecule has 0 aromatic rings. The molecule has 0 aromatic carbocycles. The molecule has 0 fully saturated rings. The van der Waals surface area contributed by atoms with Crippen molar-refractivity contribution in [2.24, 2.45) is 0 Å². The van der Waals surface area contributed by atoms with Gasteiger partial charge in [0.15, 0.2) is 0 Å². The Morgan fingerprint density at radius 2 is 1.82 bits per heavy atom. The fraction of sp³-hybridized carbons (Fsp3) is 0.571. The van der Waals surface area contributed by atoms with E-state index in [1.54, 1.807) is 6.92 Å². The van der Waals surface area contributed by atoms with Gasteiger partial charge in [0.25, 0.3) is 0 Å². The molecule has 4 nitrogen and oxygen atoms in total. The number of aliphatic carboxylic acids is 1. The first-order valence-electron chi connectivity index (χ1n) is 3.22. The lowest BCUT2D eigenvalue weighted by molar-refractivity contribution is -0.132. The van der Waals surface area contributed by atoms with Gasteiger partial charge < -0.3 is 15.3 Å². The number of hydrogen-bond acceptors (Lipinski definition) is 3. The maximum absolute atomic E-state index is 9.88. The van der Waals surface area contributed by atoms with Crippen LogP contribution in [0.25, 0.3) is 0 Å². The minimum absolute atomic E-state index is 0.0486. The average Bonchev–Trinajstić information content (AvgIpc) is 1.90.